The van der Waals surface area contributed by atoms with Crippen molar-refractivity contribution in [1.82, 2.24) is 5.32 Å². The van der Waals surface area contributed by atoms with E-state index in [-0.39, 0.29) is 30.3 Å². The third-order valence-corrected chi connectivity index (χ3v) is 3.39. The third-order valence-electron chi connectivity index (χ3n) is 2.90. The fourth-order valence-electron chi connectivity index (χ4n) is 1.87. The number of carbonyl (C=O) groups is 3. The van der Waals surface area contributed by atoms with E-state index < -0.39 is 11.9 Å². The van der Waals surface area contributed by atoms with Gasteiger partial charge in [-0.15, -0.1) is 0 Å². The summed E-state index contributed by atoms with van der Waals surface area (Å²) in [6.45, 7) is 6.79. The molecule has 0 aromatic heterocycles. The van der Waals surface area contributed by atoms with Crippen LogP contribution in [0, 0.1) is 5.92 Å². The first kappa shape index (κ1) is 19.4. The van der Waals surface area contributed by atoms with Crippen LogP contribution in [0.2, 0.25) is 0 Å². The molecule has 0 fully saturated rings. The van der Waals surface area contributed by atoms with E-state index in [1.807, 2.05) is 26.8 Å². The molecule has 0 aliphatic heterocycles. The van der Waals surface area contributed by atoms with Crippen molar-refractivity contribution in [2.45, 2.75) is 39.7 Å². The van der Waals surface area contributed by atoms with E-state index in [1.165, 1.54) is 0 Å². The molecule has 0 unspecified atom stereocenters. The first-order chi connectivity index (χ1) is 10.6. The molecule has 0 saturated carbocycles. The second-order valence-corrected chi connectivity index (χ2v) is 7.36. The number of esters is 1. The summed E-state index contributed by atoms with van der Waals surface area (Å²) in [5, 5.41) is 2.70. The topological polar surface area (TPSA) is 72.5 Å². The first-order valence-electron chi connectivity index (χ1n) is 7.35. The molecule has 0 aliphatic rings. The maximum absolute atomic E-state index is 12.1. The number of halogens is 1. The van der Waals surface area contributed by atoms with Crippen molar-refractivity contribution < 1.29 is 19.1 Å². The summed E-state index contributed by atoms with van der Waals surface area (Å²) < 4.78 is 5.76. The van der Waals surface area contributed by atoms with Gasteiger partial charge in [0.15, 0.2) is 12.4 Å². The average molecular weight is 384 g/mol. The molecule has 0 saturated heterocycles. The highest BCUT2D eigenvalue weighted by molar-refractivity contribution is 9.10. The van der Waals surface area contributed by atoms with Crippen LogP contribution in [0.4, 0.5) is 0 Å². The van der Waals surface area contributed by atoms with Gasteiger partial charge in [-0.1, -0.05) is 35.0 Å². The summed E-state index contributed by atoms with van der Waals surface area (Å²) in [5.74, 6) is -1.67. The molecule has 1 rings (SSSR count). The Hall–Kier alpha value is -1.69. The molecule has 5 nitrogen and oxygen atoms in total. The van der Waals surface area contributed by atoms with Gasteiger partial charge in [-0.3, -0.25) is 14.4 Å². The Bertz CT molecular complexity index is 593. The molecule has 1 aromatic rings. The quantitative estimate of drug-likeness (QED) is 0.604. The predicted octanol–water partition coefficient (Wildman–Crippen LogP) is 3.12. The van der Waals surface area contributed by atoms with Crippen molar-refractivity contribution in [3.8, 4) is 0 Å². The summed E-state index contributed by atoms with van der Waals surface area (Å²) in [6, 6.07) is 6.98. The number of Topliss-reactive ketones (excluding diaryl/α,β-unsaturated/α-hetero) is 1. The van der Waals surface area contributed by atoms with Crippen LogP contribution >= 0.6 is 15.9 Å². The fraction of sp³-hybridized carbons (Fsp3) is 0.471. The molecule has 1 amide bonds. The molecule has 126 valence electrons. The molecule has 0 radical (unpaired) electrons. The van der Waals surface area contributed by atoms with Crippen LogP contribution in [0.15, 0.2) is 28.7 Å². The highest BCUT2D eigenvalue weighted by atomic mass is 79.9. The van der Waals surface area contributed by atoms with Crippen molar-refractivity contribution >= 4 is 33.6 Å². The van der Waals surface area contributed by atoms with Gasteiger partial charge in [0, 0.05) is 22.0 Å². The maximum atomic E-state index is 12.1. The van der Waals surface area contributed by atoms with Crippen molar-refractivity contribution in [2.24, 2.45) is 5.92 Å². The van der Waals surface area contributed by atoms with Crippen LogP contribution in [0.3, 0.4) is 0 Å². The highest BCUT2D eigenvalue weighted by Crippen LogP contribution is 2.16. The Labute approximate surface area is 144 Å². The van der Waals surface area contributed by atoms with E-state index >= 15 is 0 Å². The highest BCUT2D eigenvalue weighted by Gasteiger charge is 2.21. The van der Waals surface area contributed by atoms with Gasteiger partial charge in [-0.2, -0.15) is 0 Å². The molecule has 6 heteroatoms. The van der Waals surface area contributed by atoms with Gasteiger partial charge in [0.05, 0.1) is 5.92 Å². The lowest BCUT2D eigenvalue weighted by molar-refractivity contribution is -0.152. The van der Waals surface area contributed by atoms with Crippen molar-refractivity contribution in [2.75, 3.05) is 6.61 Å². The normalized spacial score (nSPS) is 12.4. The summed E-state index contributed by atoms with van der Waals surface area (Å²) in [6.07, 6.45) is 0.0379. The molecule has 1 atom stereocenters. The van der Waals surface area contributed by atoms with E-state index in [9.17, 15) is 14.4 Å². The van der Waals surface area contributed by atoms with Crippen molar-refractivity contribution in [1.29, 1.82) is 0 Å². The summed E-state index contributed by atoms with van der Waals surface area (Å²) >= 11 is 3.30. The van der Waals surface area contributed by atoms with Crippen LogP contribution in [-0.2, 0) is 14.3 Å². The van der Waals surface area contributed by atoms with Crippen LogP contribution in [-0.4, -0.2) is 29.8 Å². The minimum Gasteiger partial charge on any atom is -0.455 e. The molecular formula is C17H22BrNO4. The van der Waals surface area contributed by atoms with Gasteiger partial charge in [-0.05, 0) is 32.9 Å². The Kier molecular flexibility index (Phi) is 6.94. The van der Waals surface area contributed by atoms with E-state index in [2.05, 4.69) is 21.2 Å². The molecule has 0 aliphatic carbocycles. The Balaban J connectivity index is 2.48. The fourth-order valence-corrected chi connectivity index (χ4v) is 2.27. The number of benzene rings is 1. The van der Waals surface area contributed by atoms with E-state index in [1.54, 1.807) is 25.1 Å². The lowest BCUT2D eigenvalue weighted by Gasteiger charge is -2.20. The summed E-state index contributed by atoms with van der Waals surface area (Å²) in [4.78, 5) is 35.6. The maximum Gasteiger partial charge on any atom is 0.309 e. The molecule has 0 heterocycles. The second kappa shape index (κ2) is 8.24. The van der Waals surface area contributed by atoms with Crippen LogP contribution in [0.25, 0.3) is 0 Å². The van der Waals surface area contributed by atoms with Crippen molar-refractivity contribution in [3.05, 3.63) is 34.3 Å². The number of ketones is 1. The standard InChI is InChI=1S/C17H22BrNO4/c1-11(8-14(20)12-6-5-7-13(18)9-12)16(22)23-10-15(21)19-17(2,3)4/h5-7,9,11H,8,10H2,1-4H3,(H,19,21)/t11-/m1/s1. The van der Waals surface area contributed by atoms with E-state index in [4.69, 9.17) is 4.74 Å². The Morgan fingerprint density at radius 1 is 1.26 bits per heavy atom. The van der Waals surface area contributed by atoms with Crippen LogP contribution in [0.5, 0.6) is 0 Å². The number of hydrogen-bond acceptors (Lipinski definition) is 4. The number of rotatable bonds is 6. The van der Waals surface area contributed by atoms with E-state index in [0.29, 0.717) is 5.56 Å². The Morgan fingerprint density at radius 2 is 1.91 bits per heavy atom. The largest absolute Gasteiger partial charge is 0.455 e. The number of hydrogen-bond donors (Lipinski definition) is 1. The lowest BCUT2D eigenvalue weighted by atomic mass is 10.00. The monoisotopic (exact) mass is 383 g/mol. The number of amides is 1. The van der Waals surface area contributed by atoms with Crippen LogP contribution in [0.1, 0.15) is 44.5 Å². The predicted molar refractivity (Wildman–Crippen MR) is 91.1 cm³/mol. The first-order valence-corrected chi connectivity index (χ1v) is 8.14. The summed E-state index contributed by atoms with van der Waals surface area (Å²) in [7, 11) is 0. The Morgan fingerprint density at radius 3 is 2.48 bits per heavy atom. The molecule has 0 spiro atoms. The minimum atomic E-state index is -0.607. The van der Waals surface area contributed by atoms with Gasteiger partial charge < -0.3 is 10.1 Å². The number of nitrogens with one attached hydrogen (secondary N) is 1. The van der Waals surface area contributed by atoms with Crippen molar-refractivity contribution in [3.63, 3.8) is 0 Å². The zero-order chi connectivity index (χ0) is 17.6. The zero-order valence-corrected chi connectivity index (χ0v) is 15.4. The molecular weight excluding hydrogens is 362 g/mol. The molecule has 1 N–H and O–H groups in total. The smallest absolute Gasteiger partial charge is 0.309 e. The molecule has 1 aromatic carbocycles. The number of ether oxygens (including phenoxy) is 1. The molecule has 0 bridgehead atoms. The second-order valence-electron chi connectivity index (χ2n) is 6.44. The van der Waals surface area contributed by atoms with Gasteiger partial charge in [0.2, 0.25) is 0 Å². The number of carbonyl (C=O) groups excluding carboxylic acids is 3. The lowest BCUT2D eigenvalue weighted by Crippen LogP contribution is -2.43. The van der Waals surface area contributed by atoms with Gasteiger partial charge in [0.1, 0.15) is 0 Å². The minimum absolute atomic E-state index is 0.0379. The third kappa shape index (κ3) is 7.41. The zero-order valence-electron chi connectivity index (χ0n) is 13.8. The molecule has 23 heavy (non-hydrogen) atoms. The van der Waals surface area contributed by atoms with E-state index in [0.717, 1.165) is 4.47 Å². The average Bonchev–Trinajstić information content (AvgIpc) is 2.42. The SMILES string of the molecule is C[C@H](CC(=O)c1cccc(Br)c1)C(=O)OCC(=O)NC(C)(C)C. The van der Waals surface area contributed by atoms with Gasteiger partial charge >= 0.3 is 5.97 Å². The van der Waals surface area contributed by atoms with Crippen LogP contribution < -0.4 is 5.32 Å². The van der Waals surface area contributed by atoms with Gasteiger partial charge in [-0.25, -0.2) is 0 Å². The van der Waals surface area contributed by atoms with Gasteiger partial charge in [0.25, 0.3) is 5.91 Å². The summed E-state index contributed by atoms with van der Waals surface area (Å²) in [5.41, 5.74) is 0.149.